The van der Waals surface area contributed by atoms with E-state index >= 15 is 0 Å². The summed E-state index contributed by atoms with van der Waals surface area (Å²) in [5, 5.41) is 0. The van der Waals surface area contributed by atoms with Crippen LogP contribution < -0.4 is 0 Å². The molecular formula is C14H10BrNO. The highest BCUT2D eigenvalue weighted by Gasteiger charge is 2.01. The van der Waals surface area contributed by atoms with Crippen LogP contribution in [-0.2, 0) is 0 Å². The summed E-state index contributed by atoms with van der Waals surface area (Å²) in [6.07, 6.45) is 4.92. The Kier molecular flexibility index (Phi) is 3.83. The lowest BCUT2D eigenvalue weighted by atomic mass is 10.1. The van der Waals surface area contributed by atoms with Crippen LogP contribution in [0.25, 0.3) is 6.08 Å². The minimum Gasteiger partial charge on any atom is -0.288 e. The van der Waals surface area contributed by atoms with Crippen LogP contribution >= 0.6 is 15.9 Å². The van der Waals surface area contributed by atoms with Gasteiger partial charge in [0.15, 0.2) is 0 Å². The van der Waals surface area contributed by atoms with Crippen molar-refractivity contribution in [3.05, 3.63) is 70.5 Å². The van der Waals surface area contributed by atoms with Gasteiger partial charge in [0.05, 0.1) is 0 Å². The maximum Gasteiger partial charge on any atom is 0.204 e. The minimum atomic E-state index is -0.0960. The van der Waals surface area contributed by atoms with E-state index in [-0.39, 0.29) is 5.78 Å². The Bertz CT molecular complexity index is 549. The third kappa shape index (κ3) is 3.11. The topological polar surface area (TPSA) is 30.0 Å². The lowest BCUT2D eigenvalue weighted by molar-refractivity contribution is 0.104. The average Bonchev–Trinajstić information content (AvgIpc) is 2.38. The highest BCUT2D eigenvalue weighted by atomic mass is 79.9. The Morgan fingerprint density at radius 1 is 1.12 bits per heavy atom. The number of hydrogen-bond acceptors (Lipinski definition) is 2. The van der Waals surface area contributed by atoms with Gasteiger partial charge in [-0.2, -0.15) is 0 Å². The molecule has 0 N–H and O–H groups in total. The smallest absolute Gasteiger partial charge is 0.204 e. The van der Waals surface area contributed by atoms with Crippen molar-refractivity contribution in [2.24, 2.45) is 0 Å². The zero-order valence-electron chi connectivity index (χ0n) is 9.01. The number of carbonyl (C=O) groups is 1. The maximum atomic E-state index is 11.8. The van der Waals surface area contributed by atoms with Crippen LogP contribution in [0.4, 0.5) is 0 Å². The Labute approximate surface area is 108 Å². The molecule has 0 aliphatic carbocycles. The number of pyridine rings is 1. The number of nitrogens with zero attached hydrogens (tertiary/aromatic N) is 1. The molecule has 2 nitrogen and oxygen atoms in total. The first-order valence-electron chi connectivity index (χ1n) is 5.15. The number of allylic oxidation sites excluding steroid dienone is 1. The van der Waals surface area contributed by atoms with Crippen molar-refractivity contribution in [3.63, 3.8) is 0 Å². The fourth-order valence-electron chi connectivity index (χ4n) is 1.37. The molecular weight excluding hydrogens is 278 g/mol. The normalized spacial score (nSPS) is 10.6. The lowest BCUT2D eigenvalue weighted by Crippen LogP contribution is -1.96. The van der Waals surface area contributed by atoms with E-state index in [2.05, 4.69) is 20.9 Å². The highest BCUT2D eigenvalue weighted by molar-refractivity contribution is 9.10. The summed E-state index contributed by atoms with van der Waals surface area (Å²) >= 11 is 3.42. The lowest BCUT2D eigenvalue weighted by Gasteiger charge is -1.97. The summed E-state index contributed by atoms with van der Waals surface area (Å²) < 4.78 is 0.963. The predicted octanol–water partition coefficient (Wildman–Crippen LogP) is 3.74. The van der Waals surface area contributed by atoms with Gasteiger partial charge < -0.3 is 0 Å². The number of aromatic nitrogens is 1. The van der Waals surface area contributed by atoms with Crippen molar-refractivity contribution in [3.8, 4) is 0 Å². The molecule has 0 aliphatic rings. The summed E-state index contributed by atoms with van der Waals surface area (Å²) in [6.45, 7) is 0. The van der Waals surface area contributed by atoms with E-state index in [1.54, 1.807) is 30.5 Å². The van der Waals surface area contributed by atoms with Crippen LogP contribution in [0.15, 0.2) is 59.2 Å². The van der Waals surface area contributed by atoms with Crippen molar-refractivity contribution in [1.82, 2.24) is 4.98 Å². The fourth-order valence-corrected chi connectivity index (χ4v) is 1.79. The van der Waals surface area contributed by atoms with E-state index < -0.39 is 0 Å². The van der Waals surface area contributed by atoms with Crippen molar-refractivity contribution in [2.75, 3.05) is 0 Å². The summed E-state index contributed by atoms with van der Waals surface area (Å²) in [5.74, 6) is -0.0960. The molecule has 17 heavy (non-hydrogen) atoms. The van der Waals surface area contributed by atoms with Crippen LogP contribution in [0.1, 0.15) is 16.1 Å². The van der Waals surface area contributed by atoms with E-state index in [1.165, 1.54) is 6.08 Å². The maximum absolute atomic E-state index is 11.8. The number of halogens is 1. The summed E-state index contributed by atoms with van der Waals surface area (Å²) in [6, 6.07) is 13.0. The summed E-state index contributed by atoms with van der Waals surface area (Å²) in [4.78, 5) is 15.8. The molecule has 0 saturated carbocycles. The average molecular weight is 288 g/mol. The van der Waals surface area contributed by atoms with Crippen molar-refractivity contribution >= 4 is 27.8 Å². The third-order valence-electron chi connectivity index (χ3n) is 2.24. The second-order valence-corrected chi connectivity index (χ2v) is 4.29. The largest absolute Gasteiger partial charge is 0.288 e. The van der Waals surface area contributed by atoms with Gasteiger partial charge in [0, 0.05) is 10.7 Å². The summed E-state index contributed by atoms with van der Waals surface area (Å²) in [7, 11) is 0. The molecule has 0 atom stereocenters. The van der Waals surface area contributed by atoms with Gasteiger partial charge in [-0.15, -0.1) is 0 Å². The molecule has 0 saturated heterocycles. The second-order valence-electron chi connectivity index (χ2n) is 3.43. The van der Waals surface area contributed by atoms with Gasteiger partial charge in [-0.25, -0.2) is 0 Å². The Balaban J connectivity index is 2.17. The Hall–Kier alpha value is -1.74. The quantitative estimate of drug-likeness (QED) is 0.636. The third-order valence-corrected chi connectivity index (χ3v) is 2.96. The van der Waals surface area contributed by atoms with E-state index in [9.17, 15) is 4.79 Å². The molecule has 84 valence electrons. The molecule has 0 aliphatic heterocycles. The molecule has 0 unspecified atom stereocenters. The Morgan fingerprint density at radius 3 is 2.59 bits per heavy atom. The SMILES string of the molecule is O=C(/C=C/c1ccccc1Br)c1ccccn1. The van der Waals surface area contributed by atoms with Crippen molar-refractivity contribution in [2.45, 2.75) is 0 Å². The van der Waals surface area contributed by atoms with E-state index in [0.29, 0.717) is 5.69 Å². The number of hydrogen-bond donors (Lipinski definition) is 0. The number of ketones is 1. The van der Waals surface area contributed by atoms with E-state index in [4.69, 9.17) is 0 Å². The summed E-state index contributed by atoms with van der Waals surface area (Å²) in [5.41, 5.74) is 1.42. The molecule has 1 aromatic carbocycles. The molecule has 0 fully saturated rings. The predicted molar refractivity (Wildman–Crippen MR) is 71.7 cm³/mol. The van der Waals surface area contributed by atoms with Gasteiger partial charge in [0.25, 0.3) is 0 Å². The minimum absolute atomic E-state index is 0.0960. The number of carbonyl (C=O) groups excluding carboxylic acids is 1. The zero-order valence-corrected chi connectivity index (χ0v) is 10.6. The first kappa shape index (κ1) is 11.7. The molecule has 1 aromatic heterocycles. The van der Waals surface area contributed by atoms with E-state index in [0.717, 1.165) is 10.0 Å². The standard InChI is InChI=1S/C14H10BrNO/c15-12-6-2-1-5-11(12)8-9-14(17)13-7-3-4-10-16-13/h1-10H/b9-8+. The molecule has 0 amide bonds. The van der Waals surface area contributed by atoms with Gasteiger partial charge in [-0.3, -0.25) is 9.78 Å². The number of benzene rings is 1. The van der Waals surface area contributed by atoms with Crippen molar-refractivity contribution < 1.29 is 4.79 Å². The molecule has 0 spiro atoms. The molecule has 2 rings (SSSR count). The van der Waals surface area contributed by atoms with Gasteiger partial charge in [-0.05, 0) is 35.9 Å². The fraction of sp³-hybridized carbons (Fsp3) is 0. The first-order valence-corrected chi connectivity index (χ1v) is 5.94. The zero-order chi connectivity index (χ0) is 12.1. The molecule has 1 heterocycles. The molecule has 0 radical (unpaired) electrons. The van der Waals surface area contributed by atoms with Gasteiger partial charge in [-0.1, -0.05) is 40.2 Å². The van der Waals surface area contributed by atoms with Crippen LogP contribution in [0.2, 0.25) is 0 Å². The molecule has 2 aromatic rings. The first-order chi connectivity index (χ1) is 8.27. The van der Waals surface area contributed by atoms with E-state index in [1.807, 2.05) is 24.3 Å². The van der Waals surface area contributed by atoms with Gasteiger partial charge in [0.1, 0.15) is 5.69 Å². The van der Waals surface area contributed by atoms with Crippen molar-refractivity contribution in [1.29, 1.82) is 0 Å². The van der Waals surface area contributed by atoms with Crippen LogP contribution in [-0.4, -0.2) is 10.8 Å². The molecule has 0 bridgehead atoms. The Morgan fingerprint density at radius 2 is 1.88 bits per heavy atom. The number of rotatable bonds is 3. The second kappa shape index (κ2) is 5.55. The van der Waals surface area contributed by atoms with Gasteiger partial charge >= 0.3 is 0 Å². The highest BCUT2D eigenvalue weighted by Crippen LogP contribution is 2.17. The van der Waals surface area contributed by atoms with Gasteiger partial charge in [0.2, 0.25) is 5.78 Å². The van der Waals surface area contributed by atoms with Crippen LogP contribution in [0.5, 0.6) is 0 Å². The monoisotopic (exact) mass is 287 g/mol. The van der Waals surface area contributed by atoms with Crippen LogP contribution in [0.3, 0.4) is 0 Å². The van der Waals surface area contributed by atoms with Crippen LogP contribution in [0, 0.1) is 0 Å². The molecule has 3 heteroatoms.